The van der Waals surface area contributed by atoms with Crippen molar-refractivity contribution in [1.29, 1.82) is 0 Å². The van der Waals surface area contributed by atoms with Gasteiger partial charge in [0.25, 0.3) is 0 Å². The number of likely N-dealkylation sites (tertiary alicyclic amines) is 1. The van der Waals surface area contributed by atoms with Crippen molar-refractivity contribution in [3.05, 3.63) is 23.9 Å². The molecule has 1 aromatic rings. The van der Waals surface area contributed by atoms with E-state index in [0.717, 1.165) is 30.5 Å². The van der Waals surface area contributed by atoms with Gasteiger partial charge in [0.05, 0.1) is 6.10 Å². The molecule has 3 N–H and O–H groups in total. The van der Waals surface area contributed by atoms with E-state index in [1.165, 1.54) is 12.8 Å². The average Bonchev–Trinajstić information content (AvgIpc) is 2.94. The second-order valence-electron chi connectivity index (χ2n) is 6.11. The van der Waals surface area contributed by atoms with Gasteiger partial charge in [0.15, 0.2) is 0 Å². The van der Waals surface area contributed by atoms with E-state index in [-0.39, 0.29) is 6.10 Å². The molecule has 2 saturated carbocycles. The van der Waals surface area contributed by atoms with E-state index in [9.17, 15) is 5.11 Å². The Kier molecular flexibility index (Phi) is 2.20. The van der Waals surface area contributed by atoms with Crippen LogP contribution in [0.3, 0.4) is 0 Å². The molecule has 2 heterocycles. The largest absolute Gasteiger partial charge is 0.391 e. The number of nitrogens with zero attached hydrogens (tertiary/aromatic N) is 2. The Hall–Kier alpha value is -1.13. The van der Waals surface area contributed by atoms with Crippen LogP contribution in [0, 0.1) is 17.8 Å². The molecule has 0 spiro atoms. The molecular weight excluding hydrogens is 226 g/mol. The Balaban J connectivity index is 1.59. The lowest BCUT2D eigenvalue weighted by atomic mass is 9.88. The van der Waals surface area contributed by atoms with Crippen LogP contribution < -0.4 is 5.73 Å². The highest BCUT2D eigenvalue weighted by atomic mass is 16.3. The van der Waals surface area contributed by atoms with E-state index >= 15 is 0 Å². The van der Waals surface area contributed by atoms with Crippen LogP contribution in [0.5, 0.6) is 0 Å². The van der Waals surface area contributed by atoms with Crippen LogP contribution in [-0.2, 0) is 6.54 Å². The first-order valence-electron chi connectivity index (χ1n) is 6.85. The fourth-order valence-electron chi connectivity index (χ4n) is 4.52. The third kappa shape index (κ3) is 1.36. The van der Waals surface area contributed by atoms with Gasteiger partial charge in [0.2, 0.25) is 0 Å². The van der Waals surface area contributed by atoms with Crippen LogP contribution >= 0.6 is 0 Å². The lowest BCUT2D eigenvalue weighted by Crippen LogP contribution is -2.40. The summed E-state index contributed by atoms with van der Waals surface area (Å²) in [5.41, 5.74) is 7.01. The van der Waals surface area contributed by atoms with Crippen molar-refractivity contribution in [3.8, 4) is 0 Å². The standard InChI is InChI=1S/C14H19N3O/c15-14-8(2-1-3-16-14)6-17-7-10-4-9-5-11(10)12(17)13(9)18/h1-3,9-13,18H,4-7H2,(H2,15,16). The molecule has 5 unspecified atom stereocenters. The summed E-state index contributed by atoms with van der Waals surface area (Å²) in [5.74, 6) is 2.71. The molecule has 2 bridgehead atoms. The Bertz CT molecular complexity index is 476. The van der Waals surface area contributed by atoms with E-state index < -0.39 is 0 Å². The third-order valence-corrected chi connectivity index (χ3v) is 5.25. The first-order chi connectivity index (χ1) is 8.74. The fourth-order valence-corrected chi connectivity index (χ4v) is 4.52. The van der Waals surface area contributed by atoms with E-state index in [1.807, 2.05) is 12.1 Å². The van der Waals surface area contributed by atoms with E-state index in [0.29, 0.717) is 17.8 Å². The number of hydrogen-bond donors (Lipinski definition) is 2. The Labute approximate surface area is 107 Å². The summed E-state index contributed by atoms with van der Waals surface area (Å²) in [6.45, 7) is 1.96. The topological polar surface area (TPSA) is 62.4 Å². The molecule has 3 aliphatic rings. The smallest absolute Gasteiger partial charge is 0.127 e. The molecule has 96 valence electrons. The van der Waals surface area contributed by atoms with Crippen molar-refractivity contribution in [1.82, 2.24) is 9.88 Å². The Morgan fingerprint density at radius 1 is 1.39 bits per heavy atom. The fraction of sp³-hybridized carbons (Fsp3) is 0.643. The second-order valence-corrected chi connectivity index (χ2v) is 6.11. The molecule has 5 atom stereocenters. The lowest BCUT2D eigenvalue weighted by molar-refractivity contribution is 0.0485. The van der Waals surface area contributed by atoms with Gasteiger partial charge in [-0.05, 0) is 36.7 Å². The highest BCUT2D eigenvalue weighted by molar-refractivity contribution is 5.38. The van der Waals surface area contributed by atoms with Crippen LogP contribution in [0.2, 0.25) is 0 Å². The quantitative estimate of drug-likeness (QED) is 0.811. The summed E-state index contributed by atoms with van der Waals surface area (Å²) in [4.78, 5) is 6.57. The van der Waals surface area contributed by atoms with E-state index in [1.54, 1.807) is 6.20 Å². The van der Waals surface area contributed by atoms with Gasteiger partial charge in [-0.3, -0.25) is 4.90 Å². The van der Waals surface area contributed by atoms with Gasteiger partial charge < -0.3 is 10.8 Å². The first-order valence-corrected chi connectivity index (χ1v) is 6.85. The molecule has 3 fully saturated rings. The molecule has 4 rings (SSSR count). The van der Waals surface area contributed by atoms with Crippen LogP contribution in [0.1, 0.15) is 18.4 Å². The van der Waals surface area contributed by atoms with Crippen molar-refractivity contribution in [2.45, 2.75) is 31.5 Å². The highest BCUT2D eigenvalue weighted by Gasteiger charge is 2.58. The van der Waals surface area contributed by atoms with E-state index in [2.05, 4.69) is 9.88 Å². The van der Waals surface area contributed by atoms with Crippen molar-refractivity contribution in [2.75, 3.05) is 12.3 Å². The molecular formula is C14H19N3O. The number of hydrogen-bond acceptors (Lipinski definition) is 4. The van der Waals surface area contributed by atoms with Gasteiger partial charge in [-0.2, -0.15) is 0 Å². The van der Waals surface area contributed by atoms with Crippen molar-refractivity contribution in [3.63, 3.8) is 0 Å². The predicted octanol–water partition coefficient (Wildman–Crippen LogP) is 0.865. The lowest BCUT2D eigenvalue weighted by Gasteiger charge is -2.29. The van der Waals surface area contributed by atoms with Crippen LogP contribution in [0.15, 0.2) is 18.3 Å². The summed E-state index contributed by atoms with van der Waals surface area (Å²) in [6, 6.07) is 4.35. The van der Waals surface area contributed by atoms with Crippen LogP contribution in [0.4, 0.5) is 5.82 Å². The molecule has 4 nitrogen and oxygen atoms in total. The molecule has 0 amide bonds. The van der Waals surface area contributed by atoms with E-state index in [4.69, 9.17) is 5.73 Å². The number of anilines is 1. The Morgan fingerprint density at radius 3 is 3.06 bits per heavy atom. The number of aliphatic hydroxyl groups is 1. The number of nitrogen functional groups attached to an aromatic ring is 1. The minimum Gasteiger partial charge on any atom is -0.391 e. The maximum absolute atomic E-state index is 10.3. The maximum Gasteiger partial charge on any atom is 0.127 e. The molecule has 4 heteroatoms. The number of rotatable bonds is 2. The SMILES string of the molecule is Nc1ncccc1CN1CC2CC3CC2C1C3O. The van der Waals surface area contributed by atoms with Gasteiger partial charge >= 0.3 is 0 Å². The summed E-state index contributed by atoms with van der Waals surface area (Å²) >= 11 is 0. The molecule has 2 aliphatic carbocycles. The van der Waals surface area contributed by atoms with Gasteiger partial charge in [0.1, 0.15) is 5.82 Å². The average molecular weight is 245 g/mol. The van der Waals surface area contributed by atoms with Gasteiger partial charge in [-0.1, -0.05) is 6.07 Å². The zero-order valence-electron chi connectivity index (χ0n) is 10.4. The molecule has 1 saturated heterocycles. The summed E-state index contributed by atoms with van der Waals surface area (Å²) in [5, 5.41) is 10.3. The van der Waals surface area contributed by atoms with Crippen molar-refractivity contribution >= 4 is 5.82 Å². The zero-order chi connectivity index (χ0) is 12.3. The van der Waals surface area contributed by atoms with Crippen LogP contribution in [-0.4, -0.2) is 33.7 Å². The van der Waals surface area contributed by atoms with Crippen LogP contribution in [0.25, 0.3) is 0 Å². The minimum absolute atomic E-state index is 0.119. The van der Waals surface area contributed by atoms with Gasteiger partial charge in [-0.25, -0.2) is 4.98 Å². The second kappa shape index (κ2) is 3.68. The molecule has 0 radical (unpaired) electrons. The minimum atomic E-state index is -0.119. The molecule has 1 aliphatic heterocycles. The van der Waals surface area contributed by atoms with Crippen molar-refractivity contribution < 1.29 is 5.11 Å². The number of aliphatic hydroxyl groups excluding tert-OH is 1. The number of aromatic nitrogens is 1. The Morgan fingerprint density at radius 2 is 2.28 bits per heavy atom. The monoisotopic (exact) mass is 245 g/mol. The highest BCUT2D eigenvalue weighted by Crippen LogP contribution is 2.55. The number of fused-ring (bicyclic) bond motifs is 1. The third-order valence-electron chi connectivity index (χ3n) is 5.25. The van der Waals surface area contributed by atoms with Gasteiger partial charge in [-0.15, -0.1) is 0 Å². The zero-order valence-corrected chi connectivity index (χ0v) is 10.4. The molecule has 18 heavy (non-hydrogen) atoms. The molecule has 0 aromatic carbocycles. The molecule has 1 aromatic heterocycles. The summed E-state index contributed by atoms with van der Waals surface area (Å²) < 4.78 is 0. The summed E-state index contributed by atoms with van der Waals surface area (Å²) in [6.07, 6.45) is 4.07. The number of pyridine rings is 1. The maximum atomic E-state index is 10.3. The first kappa shape index (κ1) is 10.8. The van der Waals surface area contributed by atoms with Crippen molar-refractivity contribution in [2.24, 2.45) is 17.8 Å². The predicted molar refractivity (Wildman–Crippen MR) is 68.6 cm³/mol. The normalized spacial score (nSPS) is 41.7. The number of nitrogens with two attached hydrogens (primary N) is 1. The summed E-state index contributed by atoms with van der Waals surface area (Å²) in [7, 11) is 0. The van der Waals surface area contributed by atoms with Gasteiger partial charge in [0, 0.05) is 30.9 Å².